The van der Waals surface area contributed by atoms with Crippen molar-refractivity contribution in [1.29, 1.82) is 0 Å². The average Bonchev–Trinajstić information content (AvgIpc) is 3.84. The number of hydrogen-bond donors (Lipinski definition) is 0. The zero-order valence-electron chi connectivity index (χ0n) is 37.2. The lowest BCUT2D eigenvalue weighted by Gasteiger charge is -2.57. The molecule has 0 aromatic heterocycles. The maximum atomic E-state index is 2.54. The summed E-state index contributed by atoms with van der Waals surface area (Å²) in [5.41, 5.74) is 23.1. The van der Waals surface area contributed by atoms with Crippen LogP contribution in [0, 0.1) is 17.8 Å². The van der Waals surface area contributed by atoms with Crippen LogP contribution in [0.1, 0.15) is 66.3 Å². The van der Waals surface area contributed by atoms with Gasteiger partial charge in [-0.25, -0.2) is 0 Å². The molecule has 0 N–H and O–H groups in total. The van der Waals surface area contributed by atoms with E-state index >= 15 is 0 Å². The van der Waals surface area contributed by atoms with Gasteiger partial charge in [0, 0.05) is 17.1 Å². The molecule has 1 unspecified atom stereocenters. The quantitative estimate of drug-likeness (QED) is 0.154. The van der Waals surface area contributed by atoms with Crippen LogP contribution in [0.3, 0.4) is 0 Å². The molecule has 0 saturated heterocycles. The zero-order valence-corrected chi connectivity index (χ0v) is 37.2. The summed E-state index contributed by atoms with van der Waals surface area (Å²) < 4.78 is 0. The minimum absolute atomic E-state index is 0.347. The van der Waals surface area contributed by atoms with Crippen LogP contribution < -0.4 is 4.90 Å². The third-order valence-corrected chi connectivity index (χ3v) is 16.7. The maximum Gasteiger partial charge on any atom is 0.0726 e. The van der Waals surface area contributed by atoms with Gasteiger partial charge in [0.1, 0.15) is 0 Å². The largest absolute Gasteiger partial charge is 0.310 e. The van der Waals surface area contributed by atoms with Crippen molar-refractivity contribution < 1.29 is 0 Å². The Morgan fingerprint density at radius 2 is 0.712 bits per heavy atom. The highest BCUT2D eigenvalue weighted by molar-refractivity contribution is 5.97. The Balaban J connectivity index is 0.948. The first kappa shape index (κ1) is 38.1. The first-order chi connectivity index (χ1) is 32.6. The first-order valence-corrected chi connectivity index (χ1v) is 24.3. The number of hydrogen-bond acceptors (Lipinski definition) is 1. The third kappa shape index (κ3) is 5.65. The Bertz CT molecular complexity index is 3280. The summed E-state index contributed by atoms with van der Waals surface area (Å²) in [4.78, 5) is 2.52. The molecule has 0 radical (unpaired) electrons. The number of anilines is 3. The molecule has 4 bridgehead atoms. The van der Waals surface area contributed by atoms with E-state index in [2.05, 4.69) is 223 Å². The molecule has 66 heavy (non-hydrogen) atoms. The van der Waals surface area contributed by atoms with E-state index in [0.717, 1.165) is 23.4 Å². The highest BCUT2D eigenvalue weighted by atomic mass is 15.1. The molecule has 1 spiro atoms. The SMILES string of the molecule is c1ccc(-c2ccc3c(c2)C2(c4ccccc4-3)c3ccccc3-c3ccc(N(c4ccc(-c5ccccc5-c5ccccc5)cc4)c4ccc(C56CC7CC(CC(C7)C5)C6)cc4)cc32)cc1. The molecule has 9 aromatic carbocycles. The molecule has 0 amide bonds. The van der Waals surface area contributed by atoms with Crippen LogP contribution in [0.4, 0.5) is 17.1 Å². The molecule has 6 aliphatic rings. The van der Waals surface area contributed by atoms with Crippen LogP contribution in [0.25, 0.3) is 55.6 Å². The highest BCUT2D eigenvalue weighted by Crippen LogP contribution is 2.64. The predicted octanol–water partition coefficient (Wildman–Crippen LogP) is 17.0. The second-order valence-corrected chi connectivity index (χ2v) is 20.2. The molecule has 0 heterocycles. The van der Waals surface area contributed by atoms with Gasteiger partial charge >= 0.3 is 0 Å². The molecule has 15 rings (SSSR count). The van der Waals surface area contributed by atoms with Crippen molar-refractivity contribution in [3.63, 3.8) is 0 Å². The fourth-order valence-electron chi connectivity index (χ4n) is 14.3. The molecule has 9 aromatic rings. The van der Waals surface area contributed by atoms with Crippen molar-refractivity contribution in [2.24, 2.45) is 17.8 Å². The molecular formula is C65H51N. The van der Waals surface area contributed by atoms with Gasteiger partial charge in [-0.15, -0.1) is 0 Å². The molecule has 1 heteroatoms. The summed E-state index contributed by atoms with van der Waals surface area (Å²) in [5, 5.41) is 0. The lowest BCUT2D eigenvalue weighted by Crippen LogP contribution is -2.48. The van der Waals surface area contributed by atoms with Crippen LogP contribution in [0.15, 0.2) is 218 Å². The maximum absolute atomic E-state index is 2.54. The van der Waals surface area contributed by atoms with Crippen molar-refractivity contribution in [3.05, 3.63) is 246 Å². The molecule has 0 aliphatic heterocycles. The summed E-state index contributed by atoms with van der Waals surface area (Å²) in [6, 6.07) is 82.6. The van der Waals surface area contributed by atoms with Gasteiger partial charge in [-0.1, -0.05) is 176 Å². The van der Waals surface area contributed by atoms with Crippen LogP contribution in [0.2, 0.25) is 0 Å². The van der Waals surface area contributed by atoms with Gasteiger partial charge < -0.3 is 4.90 Å². The molecule has 1 nitrogen and oxygen atoms in total. The molecule has 4 saturated carbocycles. The summed E-state index contributed by atoms with van der Waals surface area (Å²) in [5.74, 6) is 2.74. The van der Waals surface area contributed by atoms with Crippen LogP contribution in [-0.4, -0.2) is 0 Å². The Kier molecular flexibility index (Phi) is 8.45. The van der Waals surface area contributed by atoms with E-state index in [1.807, 2.05) is 0 Å². The minimum atomic E-state index is -0.475. The normalized spacial score (nSPS) is 22.5. The lowest BCUT2D eigenvalue weighted by atomic mass is 9.48. The van der Waals surface area contributed by atoms with Gasteiger partial charge in [0.05, 0.1) is 5.41 Å². The van der Waals surface area contributed by atoms with E-state index in [4.69, 9.17) is 0 Å². The van der Waals surface area contributed by atoms with Gasteiger partial charge in [-0.05, 0) is 188 Å². The van der Waals surface area contributed by atoms with Crippen molar-refractivity contribution >= 4 is 17.1 Å². The summed E-state index contributed by atoms with van der Waals surface area (Å²) in [7, 11) is 0. The number of benzene rings is 9. The smallest absolute Gasteiger partial charge is 0.0726 e. The number of fused-ring (bicyclic) bond motifs is 10. The van der Waals surface area contributed by atoms with Crippen molar-refractivity contribution in [2.75, 3.05) is 4.90 Å². The van der Waals surface area contributed by atoms with Gasteiger partial charge in [0.25, 0.3) is 0 Å². The number of rotatable bonds is 7. The van der Waals surface area contributed by atoms with Crippen LogP contribution in [-0.2, 0) is 10.8 Å². The Labute approximate surface area is 389 Å². The second kappa shape index (κ2) is 14.6. The van der Waals surface area contributed by atoms with E-state index in [-0.39, 0.29) is 0 Å². The number of nitrogens with zero attached hydrogens (tertiary/aromatic N) is 1. The van der Waals surface area contributed by atoms with Crippen molar-refractivity contribution in [2.45, 2.75) is 49.4 Å². The summed E-state index contributed by atoms with van der Waals surface area (Å²) in [6.07, 6.45) is 8.50. The summed E-state index contributed by atoms with van der Waals surface area (Å²) in [6.45, 7) is 0. The standard InChI is InChI=1S/C65H51N/c1-3-13-46(14-4-1)49-25-33-58-56-19-9-11-21-60(56)65(62(58)38-49)61-22-12-10-20-57(61)59-34-32-53(39-63(59)65)66(52-30-26-50(27-31-52)64-40-43-35-44(41-64)37-45(36-43)42-64)51-28-23-48(24-29-51)55-18-8-7-17-54(55)47-15-5-2-6-16-47/h1-34,38-39,43-45H,35-37,40-42H2. The fraction of sp³-hybridized carbons (Fsp3) is 0.169. The van der Waals surface area contributed by atoms with E-state index in [1.165, 1.54) is 128 Å². The first-order valence-electron chi connectivity index (χ1n) is 24.3. The van der Waals surface area contributed by atoms with E-state index < -0.39 is 5.41 Å². The average molecular weight is 846 g/mol. The third-order valence-electron chi connectivity index (χ3n) is 16.7. The van der Waals surface area contributed by atoms with Crippen molar-refractivity contribution in [1.82, 2.24) is 0 Å². The molecule has 4 fully saturated rings. The second-order valence-electron chi connectivity index (χ2n) is 20.2. The Morgan fingerprint density at radius 3 is 1.29 bits per heavy atom. The van der Waals surface area contributed by atoms with Crippen LogP contribution >= 0.6 is 0 Å². The van der Waals surface area contributed by atoms with Gasteiger partial charge in [0.2, 0.25) is 0 Å². The van der Waals surface area contributed by atoms with Gasteiger partial charge in [0.15, 0.2) is 0 Å². The molecular weight excluding hydrogens is 795 g/mol. The lowest BCUT2D eigenvalue weighted by molar-refractivity contribution is -0.00518. The van der Waals surface area contributed by atoms with Gasteiger partial charge in [-0.3, -0.25) is 0 Å². The van der Waals surface area contributed by atoms with Crippen molar-refractivity contribution in [3.8, 4) is 55.6 Å². The fourth-order valence-corrected chi connectivity index (χ4v) is 14.3. The monoisotopic (exact) mass is 845 g/mol. The van der Waals surface area contributed by atoms with E-state index in [1.54, 1.807) is 5.56 Å². The summed E-state index contributed by atoms with van der Waals surface area (Å²) >= 11 is 0. The molecule has 6 aliphatic carbocycles. The van der Waals surface area contributed by atoms with Crippen LogP contribution in [0.5, 0.6) is 0 Å². The Hall–Kier alpha value is -7.22. The van der Waals surface area contributed by atoms with E-state index in [0.29, 0.717) is 5.41 Å². The molecule has 1 atom stereocenters. The predicted molar refractivity (Wildman–Crippen MR) is 274 cm³/mol. The Morgan fingerprint density at radius 1 is 0.303 bits per heavy atom. The minimum Gasteiger partial charge on any atom is -0.310 e. The van der Waals surface area contributed by atoms with E-state index in [9.17, 15) is 0 Å². The highest BCUT2D eigenvalue weighted by Gasteiger charge is 2.53. The molecule has 316 valence electrons. The topological polar surface area (TPSA) is 3.24 Å². The zero-order chi connectivity index (χ0) is 43.4. The van der Waals surface area contributed by atoms with Gasteiger partial charge in [-0.2, -0.15) is 0 Å².